The zero-order chi connectivity index (χ0) is 23.5. The molecule has 1 amide bonds. The lowest BCUT2D eigenvalue weighted by molar-refractivity contribution is -0.129. The Morgan fingerprint density at radius 1 is 1.06 bits per heavy atom. The van der Waals surface area contributed by atoms with Crippen molar-refractivity contribution in [2.75, 3.05) is 46.3 Å². The minimum atomic E-state index is -0.0181. The number of ether oxygens (including phenoxy) is 3. The number of benzene rings is 2. The largest absolute Gasteiger partial charge is 0.493 e. The molecule has 33 heavy (non-hydrogen) atoms. The third-order valence-corrected chi connectivity index (χ3v) is 6.52. The first-order valence-corrected chi connectivity index (χ1v) is 12.3. The molecule has 0 radical (unpaired) electrons. The van der Waals surface area contributed by atoms with Crippen LogP contribution in [0.15, 0.2) is 59.5 Å². The van der Waals surface area contributed by atoms with Gasteiger partial charge in [0.05, 0.1) is 27.4 Å². The van der Waals surface area contributed by atoms with Crippen LogP contribution in [0.4, 0.5) is 0 Å². The number of methoxy groups -OCH3 is 2. The van der Waals surface area contributed by atoms with Crippen molar-refractivity contribution in [2.45, 2.75) is 24.7 Å². The van der Waals surface area contributed by atoms with Crippen molar-refractivity contribution in [1.29, 1.82) is 0 Å². The fraction of sp³-hybridized carbons (Fsp3) is 0.370. The summed E-state index contributed by atoms with van der Waals surface area (Å²) in [5, 5.41) is 0. The van der Waals surface area contributed by atoms with Crippen molar-refractivity contribution in [3.63, 3.8) is 0 Å². The lowest BCUT2D eigenvalue weighted by Crippen LogP contribution is -2.39. The second-order valence-corrected chi connectivity index (χ2v) is 8.88. The number of nitrogens with zero attached hydrogens (tertiary/aromatic N) is 1. The fourth-order valence-electron chi connectivity index (χ4n) is 3.45. The van der Waals surface area contributed by atoms with Crippen molar-refractivity contribution in [1.82, 2.24) is 4.90 Å². The van der Waals surface area contributed by atoms with Crippen LogP contribution in [0.25, 0.3) is 11.6 Å². The highest BCUT2D eigenvalue weighted by Crippen LogP contribution is 2.31. The van der Waals surface area contributed by atoms with Gasteiger partial charge in [-0.1, -0.05) is 43.7 Å². The average Bonchev–Trinajstić information content (AvgIpc) is 2.87. The Morgan fingerprint density at radius 3 is 2.45 bits per heavy atom. The molecule has 176 valence electrons. The van der Waals surface area contributed by atoms with Gasteiger partial charge in [0.1, 0.15) is 0 Å². The van der Waals surface area contributed by atoms with Gasteiger partial charge in [-0.2, -0.15) is 0 Å². The first-order chi connectivity index (χ1) is 16.1. The number of rotatable bonds is 10. The second kappa shape index (κ2) is 13.1. The second-order valence-electron chi connectivity index (χ2n) is 7.71. The van der Waals surface area contributed by atoms with Crippen LogP contribution in [0.1, 0.15) is 30.9 Å². The maximum atomic E-state index is 12.9. The minimum absolute atomic E-state index is 0.0181. The molecule has 1 aliphatic heterocycles. The van der Waals surface area contributed by atoms with Gasteiger partial charge in [0.25, 0.3) is 0 Å². The van der Waals surface area contributed by atoms with E-state index in [1.165, 1.54) is 17.7 Å². The molecule has 2 aromatic carbocycles. The summed E-state index contributed by atoms with van der Waals surface area (Å²) in [5.74, 6) is 2.40. The Bertz CT molecular complexity index is 963. The van der Waals surface area contributed by atoms with Crippen molar-refractivity contribution < 1.29 is 19.0 Å². The summed E-state index contributed by atoms with van der Waals surface area (Å²) >= 11 is 1.89. The lowest BCUT2D eigenvalue weighted by atomic mass is 10.0. The van der Waals surface area contributed by atoms with E-state index in [0.29, 0.717) is 37.8 Å². The predicted octanol–water partition coefficient (Wildman–Crippen LogP) is 5.55. The van der Waals surface area contributed by atoms with E-state index >= 15 is 0 Å². The van der Waals surface area contributed by atoms with Crippen LogP contribution in [0.2, 0.25) is 0 Å². The highest BCUT2D eigenvalue weighted by atomic mass is 32.2. The van der Waals surface area contributed by atoms with E-state index in [0.717, 1.165) is 22.5 Å². The fourth-order valence-corrected chi connectivity index (χ4v) is 4.44. The molecule has 0 aliphatic carbocycles. The summed E-state index contributed by atoms with van der Waals surface area (Å²) in [6, 6.07) is 14.2. The molecular weight excluding hydrogens is 434 g/mol. The zero-order valence-corrected chi connectivity index (χ0v) is 20.5. The van der Waals surface area contributed by atoms with Gasteiger partial charge in [-0.3, -0.25) is 4.79 Å². The first-order valence-electron chi connectivity index (χ1n) is 11.4. The first kappa shape index (κ1) is 24.9. The van der Waals surface area contributed by atoms with Gasteiger partial charge in [0, 0.05) is 24.1 Å². The topological polar surface area (TPSA) is 48.0 Å². The van der Waals surface area contributed by atoms with Crippen LogP contribution in [-0.2, 0) is 9.53 Å². The van der Waals surface area contributed by atoms with E-state index in [4.69, 9.17) is 14.2 Å². The van der Waals surface area contributed by atoms with E-state index in [-0.39, 0.29) is 5.91 Å². The van der Waals surface area contributed by atoms with E-state index < -0.39 is 0 Å². The van der Waals surface area contributed by atoms with E-state index in [1.54, 1.807) is 20.3 Å². The predicted molar refractivity (Wildman–Crippen MR) is 136 cm³/mol. The van der Waals surface area contributed by atoms with Crippen molar-refractivity contribution in [3.8, 4) is 11.5 Å². The Balaban J connectivity index is 1.85. The molecule has 0 unspecified atom stereocenters. The van der Waals surface area contributed by atoms with Crippen molar-refractivity contribution >= 4 is 29.3 Å². The van der Waals surface area contributed by atoms with Gasteiger partial charge in [0.2, 0.25) is 5.91 Å². The number of allylic oxidation sites excluding steroid dienone is 2. The Morgan fingerprint density at radius 2 is 1.79 bits per heavy atom. The Labute approximate surface area is 201 Å². The van der Waals surface area contributed by atoms with Crippen molar-refractivity contribution in [2.24, 2.45) is 0 Å². The third kappa shape index (κ3) is 7.41. The molecule has 0 N–H and O–H groups in total. The molecule has 3 rings (SSSR count). The maximum Gasteiger partial charge on any atom is 0.247 e. The number of thioether (sulfide) groups is 1. The number of hydrogen-bond acceptors (Lipinski definition) is 5. The van der Waals surface area contributed by atoms with Gasteiger partial charge >= 0.3 is 0 Å². The number of hydrogen-bond donors (Lipinski definition) is 0. The van der Waals surface area contributed by atoms with Gasteiger partial charge < -0.3 is 19.1 Å². The van der Waals surface area contributed by atoms with Gasteiger partial charge in [-0.05, 0) is 53.1 Å². The highest BCUT2D eigenvalue weighted by Gasteiger charge is 2.16. The summed E-state index contributed by atoms with van der Waals surface area (Å²) in [4.78, 5) is 16.0. The molecule has 0 aromatic heterocycles. The average molecular weight is 468 g/mol. The van der Waals surface area contributed by atoms with Crippen LogP contribution in [-0.4, -0.2) is 57.1 Å². The van der Waals surface area contributed by atoms with Gasteiger partial charge in [-0.25, -0.2) is 0 Å². The smallest absolute Gasteiger partial charge is 0.247 e. The number of carbonyl (C=O) groups excluding carboxylic acids is 1. The molecule has 0 saturated carbocycles. The van der Waals surface area contributed by atoms with Crippen LogP contribution in [0, 0.1) is 0 Å². The number of amides is 1. The summed E-state index contributed by atoms with van der Waals surface area (Å²) in [5.41, 5.74) is 2.78. The summed E-state index contributed by atoms with van der Waals surface area (Å²) < 4.78 is 16.2. The molecule has 1 saturated heterocycles. The normalized spacial score (nSPS) is 14.5. The van der Waals surface area contributed by atoms with Gasteiger partial charge in [0.15, 0.2) is 11.5 Å². The molecular formula is C27H33NO4S. The lowest BCUT2D eigenvalue weighted by Gasteiger charge is -2.26. The molecule has 0 bridgehead atoms. The van der Waals surface area contributed by atoms with E-state index in [2.05, 4.69) is 31.2 Å². The standard InChI is InChI=1S/C27H33NO4S/c1-4-5-18-33-24-11-7-21(8-12-24)6-9-23(20-27(29)28-14-16-32-17-15-28)22-10-13-25(30-2)26(19-22)31-3/h6-13,19-20H,4-5,14-18H2,1-3H3/b9-6+,23-20-. The molecule has 5 nitrogen and oxygen atoms in total. The quantitative estimate of drug-likeness (QED) is 0.198. The van der Waals surface area contributed by atoms with Crippen LogP contribution < -0.4 is 9.47 Å². The summed E-state index contributed by atoms with van der Waals surface area (Å²) in [6.07, 6.45) is 8.15. The third-order valence-electron chi connectivity index (χ3n) is 5.42. The summed E-state index contributed by atoms with van der Waals surface area (Å²) in [7, 11) is 3.22. The number of morpholine rings is 1. The monoisotopic (exact) mass is 467 g/mol. The van der Waals surface area contributed by atoms with E-state index in [1.807, 2.05) is 47.0 Å². The molecule has 0 atom stereocenters. The Hall–Kier alpha value is -2.70. The SMILES string of the molecule is CCCCSc1ccc(/C=C/C(=C/C(=O)N2CCOCC2)c2ccc(OC)c(OC)c2)cc1. The molecule has 6 heteroatoms. The minimum Gasteiger partial charge on any atom is -0.493 e. The number of carbonyl (C=O) groups is 1. The van der Waals surface area contributed by atoms with Crippen LogP contribution in [0.3, 0.4) is 0 Å². The van der Waals surface area contributed by atoms with Crippen molar-refractivity contribution in [3.05, 3.63) is 65.7 Å². The molecule has 1 fully saturated rings. The van der Waals surface area contributed by atoms with Crippen LogP contribution >= 0.6 is 11.8 Å². The maximum absolute atomic E-state index is 12.9. The molecule has 1 heterocycles. The zero-order valence-electron chi connectivity index (χ0n) is 19.7. The molecule has 1 aliphatic rings. The Kier molecular flexibility index (Phi) is 9.91. The molecule has 2 aromatic rings. The summed E-state index contributed by atoms with van der Waals surface area (Å²) in [6.45, 7) is 4.57. The van der Waals surface area contributed by atoms with Crippen LogP contribution in [0.5, 0.6) is 11.5 Å². The van der Waals surface area contributed by atoms with E-state index in [9.17, 15) is 4.79 Å². The van der Waals surface area contributed by atoms with Gasteiger partial charge in [-0.15, -0.1) is 11.8 Å². The molecule has 0 spiro atoms. The number of unbranched alkanes of at least 4 members (excludes halogenated alkanes) is 1. The highest BCUT2D eigenvalue weighted by molar-refractivity contribution is 7.99.